The molecule has 4 rings (SSSR count). The van der Waals surface area contributed by atoms with Crippen molar-refractivity contribution in [3.8, 4) is 0 Å². The third-order valence-electron chi connectivity index (χ3n) is 4.59. The average molecular weight is 310 g/mol. The first-order valence-electron chi connectivity index (χ1n) is 8.05. The minimum Gasteiger partial charge on any atom is -0.342 e. The molecule has 3 aromatic rings. The van der Waals surface area contributed by atoms with Gasteiger partial charge in [0.15, 0.2) is 5.82 Å². The lowest BCUT2D eigenvalue weighted by atomic mass is 9.96. The number of nitrogens with zero attached hydrogens (tertiary/aromatic N) is 3. The Bertz CT molecular complexity index is 791. The molecule has 4 nitrogen and oxygen atoms in total. The fraction of sp³-hybridized carbons (Fsp3) is 0.333. The van der Waals surface area contributed by atoms with Crippen molar-refractivity contribution in [3.63, 3.8) is 0 Å². The quantitative estimate of drug-likeness (QED) is 0.805. The zero-order valence-electron chi connectivity index (χ0n) is 12.9. The fourth-order valence-corrected chi connectivity index (χ4v) is 3.32. The van der Waals surface area contributed by atoms with Gasteiger partial charge in [-0.25, -0.2) is 9.37 Å². The number of pyridine rings is 1. The molecule has 118 valence electrons. The lowest BCUT2D eigenvalue weighted by Gasteiger charge is -2.30. The molecule has 1 fully saturated rings. The molecule has 1 aliphatic rings. The Morgan fingerprint density at radius 2 is 2.04 bits per heavy atom. The Kier molecular flexibility index (Phi) is 3.79. The van der Waals surface area contributed by atoms with Crippen molar-refractivity contribution >= 4 is 11.0 Å². The van der Waals surface area contributed by atoms with E-state index >= 15 is 0 Å². The molecule has 0 unspecified atom stereocenters. The summed E-state index contributed by atoms with van der Waals surface area (Å²) in [6.07, 6.45) is 5.81. The van der Waals surface area contributed by atoms with Gasteiger partial charge in [-0.05, 0) is 49.7 Å². The van der Waals surface area contributed by atoms with E-state index in [1.807, 2.05) is 18.3 Å². The van der Waals surface area contributed by atoms with E-state index in [0.29, 0.717) is 11.4 Å². The van der Waals surface area contributed by atoms with Crippen LogP contribution < -0.4 is 0 Å². The summed E-state index contributed by atoms with van der Waals surface area (Å²) in [5.74, 6) is 1.05. The second-order valence-electron chi connectivity index (χ2n) is 6.17. The predicted octanol–water partition coefficient (Wildman–Crippen LogP) is 3.48. The largest absolute Gasteiger partial charge is 0.342 e. The number of benzene rings is 1. The van der Waals surface area contributed by atoms with E-state index in [-0.39, 0.29) is 5.82 Å². The van der Waals surface area contributed by atoms with Crippen LogP contribution in [0.2, 0.25) is 0 Å². The number of piperidine rings is 1. The normalized spacial score (nSPS) is 16.9. The number of rotatable bonds is 3. The summed E-state index contributed by atoms with van der Waals surface area (Å²) in [4.78, 5) is 14.4. The fourth-order valence-electron chi connectivity index (χ4n) is 3.32. The molecule has 0 aliphatic carbocycles. The highest BCUT2D eigenvalue weighted by molar-refractivity contribution is 5.75. The lowest BCUT2D eigenvalue weighted by molar-refractivity contribution is 0.202. The molecule has 1 saturated heterocycles. The van der Waals surface area contributed by atoms with E-state index in [0.717, 1.165) is 43.8 Å². The Labute approximate surface area is 134 Å². The first-order valence-corrected chi connectivity index (χ1v) is 8.05. The van der Waals surface area contributed by atoms with E-state index in [4.69, 9.17) is 0 Å². The molecule has 1 aromatic carbocycles. The van der Waals surface area contributed by atoms with Crippen LogP contribution in [0.15, 0.2) is 42.7 Å². The van der Waals surface area contributed by atoms with Gasteiger partial charge in [0.1, 0.15) is 11.3 Å². The second-order valence-corrected chi connectivity index (χ2v) is 6.17. The smallest absolute Gasteiger partial charge is 0.151 e. The number of para-hydroxylation sites is 1. The van der Waals surface area contributed by atoms with Gasteiger partial charge in [0.25, 0.3) is 0 Å². The molecule has 1 N–H and O–H groups in total. The van der Waals surface area contributed by atoms with Crippen molar-refractivity contribution in [3.05, 3.63) is 59.9 Å². The first kappa shape index (κ1) is 14.3. The molecule has 0 bridgehead atoms. The molecule has 0 amide bonds. The van der Waals surface area contributed by atoms with E-state index in [1.54, 1.807) is 12.3 Å². The van der Waals surface area contributed by atoms with E-state index in [1.165, 1.54) is 11.6 Å². The number of nitrogens with one attached hydrogen (secondary N) is 1. The third kappa shape index (κ3) is 2.97. The summed E-state index contributed by atoms with van der Waals surface area (Å²) in [7, 11) is 0. The third-order valence-corrected chi connectivity index (χ3v) is 4.59. The van der Waals surface area contributed by atoms with Crippen molar-refractivity contribution in [2.45, 2.75) is 25.3 Å². The van der Waals surface area contributed by atoms with Crippen molar-refractivity contribution in [1.29, 1.82) is 0 Å². The van der Waals surface area contributed by atoms with Crippen molar-refractivity contribution in [2.24, 2.45) is 0 Å². The van der Waals surface area contributed by atoms with Crippen molar-refractivity contribution < 1.29 is 4.39 Å². The van der Waals surface area contributed by atoms with Gasteiger partial charge in [0.2, 0.25) is 0 Å². The predicted molar refractivity (Wildman–Crippen MR) is 87.5 cm³/mol. The molecule has 1 aliphatic heterocycles. The van der Waals surface area contributed by atoms with Gasteiger partial charge in [-0.3, -0.25) is 9.88 Å². The number of fused-ring (bicyclic) bond motifs is 1. The highest BCUT2D eigenvalue weighted by Gasteiger charge is 2.23. The summed E-state index contributed by atoms with van der Waals surface area (Å²) in [6.45, 7) is 2.99. The van der Waals surface area contributed by atoms with Crippen LogP contribution in [0.4, 0.5) is 4.39 Å². The van der Waals surface area contributed by atoms with Gasteiger partial charge in [-0.15, -0.1) is 0 Å². The van der Waals surface area contributed by atoms with Gasteiger partial charge in [0, 0.05) is 24.9 Å². The molecular weight excluding hydrogens is 291 g/mol. The molecule has 0 saturated carbocycles. The molecule has 5 heteroatoms. The number of imidazole rings is 1. The minimum absolute atomic E-state index is 0.251. The molecule has 0 radical (unpaired) electrons. The van der Waals surface area contributed by atoms with Crippen molar-refractivity contribution in [1.82, 2.24) is 19.9 Å². The Balaban J connectivity index is 1.43. The number of H-pyrrole nitrogens is 1. The monoisotopic (exact) mass is 310 g/mol. The van der Waals surface area contributed by atoms with Crippen LogP contribution >= 0.6 is 0 Å². The zero-order valence-corrected chi connectivity index (χ0v) is 12.9. The Morgan fingerprint density at radius 1 is 1.17 bits per heavy atom. The molecule has 23 heavy (non-hydrogen) atoms. The molecular formula is C18H19FN4. The van der Waals surface area contributed by atoms with E-state index < -0.39 is 0 Å². The van der Waals surface area contributed by atoms with Crippen LogP contribution in [0.1, 0.15) is 30.1 Å². The van der Waals surface area contributed by atoms with Crippen molar-refractivity contribution in [2.75, 3.05) is 13.1 Å². The highest BCUT2D eigenvalue weighted by Crippen LogP contribution is 2.28. The van der Waals surface area contributed by atoms with Crippen LogP contribution in [0.3, 0.4) is 0 Å². The van der Waals surface area contributed by atoms with Gasteiger partial charge in [0.05, 0.1) is 5.52 Å². The minimum atomic E-state index is -0.251. The van der Waals surface area contributed by atoms with Gasteiger partial charge >= 0.3 is 0 Å². The Morgan fingerprint density at radius 3 is 2.78 bits per heavy atom. The standard InChI is InChI=1S/C18H19FN4/c19-15-4-1-5-16-17(15)22-18(21-16)14-6-9-23(10-7-14)12-13-3-2-8-20-11-13/h1-5,8,11,14H,6-7,9-10,12H2,(H,21,22). The number of likely N-dealkylation sites (tertiary alicyclic amines) is 1. The molecule has 0 spiro atoms. The molecule has 0 atom stereocenters. The summed E-state index contributed by atoms with van der Waals surface area (Å²) >= 11 is 0. The maximum atomic E-state index is 13.8. The average Bonchev–Trinajstić information content (AvgIpc) is 3.02. The number of hydrogen-bond acceptors (Lipinski definition) is 3. The zero-order chi connectivity index (χ0) is 15.6. The number of aromatic nitrogens is 3. The SMILES string of the molecule is Fc1cccc2[nH]c(C3CCN(Cc4cccnc4)CC3)nc12. The molecule has 2 aromatic heterocycles. The number of hydrogen-bond donors (Lipinski definition) is 1. The van der Waals surface area contributed by atoms with Crippen LogP contribution in [-0.4, -0.2) is 32.9 Å². The molecule has 3 heterocycles. The summed E-state index contributed by atoms with van der Waals surface area (Å²) < 4.78 is 13.8. The highest BCUT2D eigenvalue weighted by atomic mass is 19.1. The van der Waals surface area contributed by atoms with Crippen LogP contribution in [0.5, 0.6) is 0 Å². The second kappa shape index (κ2) is 6.08. The van der Waals surface area contributed by atoms with Crippen LogP contribution in [-0.2, 0) is 6.54 Å². The van der Waals surface area contributed by atoms with Gasteiger partial charge < -0.3 is 4.98 Å². The Hall–Kier alpha value is -2.27. The van der Waals surface area contributed by atoms with E-state index in [9.17, 15) is 4.39 Å². The summed E-state index contributed by atoms with van der Waals surface area (Å²) in [5, 5.41) is 0. The van der Waals surface area contributed by atoms with Crippen LogP contribution in [0, 0.1) is 5.82 Å². The maximum absolute atomic E-state index is 13.8. The van der Waals surface area contributed by atoms with Crippen LogP contribution in [0.25, 0.3) is 11.0 Å². The van der Waals surface area contributed by atoms with Gasteiger partial charge in [-0.2, -0.15) is 0 Å². The lowest BCUT2D eigenvalue weighted by Crippen LogP contribution is -2.32. The summed E-state index contributed by atoms with van der Waals surface area (Å²) in [5.41, 5.74) is 2.50. The topological polar surface area (TPSA) is 44.8 Å². The maximum Gasteiger partial charge on any atom is 0.151 e. The number of halogens is 1. The summed E-state index contributed by atoms with van der Waals surface area (Å²) in [6, 6.07) is 9.15. The number of aromatic amines is 1. The first-order chi connectivity index (χ1) is 11.3. The van der Waals surface area contributed by atoms with E-state index in [2.05, 4.69) is 25.9 Å². The van der Waals surface area contributed by atoms with Gasteiger partial charge in [-0.1, -0.05) is 12.1 Å².